The van der Waals surface area contributed by atoms with E-state index >= 15 is 0 Å². The first kappa shape index (κ1) is 12.1. The minimum absolute atomic E-state index is 0.265. The fraction of sp³-hybridized carbons (Fsp3) is 0.545. The van der Waals surface area contributed by atoms with Crippen LogP contribution in [0.25, 0.3) is 0 Å². The molecule has 1 N–H and O–H groups in total. The first-order chi connectivity index (χ1) is 7.70. The van der Waals surface area contributed by atoms with Crippen molar-refractivity contribution >= 4 is 33.3 Å². The van der Waals surface area contributed by atoms with E-state index < -0.39 is 0 Å². The summed E-state index contributed by atoms with van der Waals surface area (Å²) < 4.78 is 6.30. The lowest BCUT2D eigenvalue weighted by atomic mass is 10.2. The van der Waals surface area contributed by atoms with E-state index in [1.807, 2.05) is 6.07 Å². The first-order valence-corrected chi connectivity index (χ1v) is 6.48. The Morgan fingerprint density at radius 2 is 2.38 bits per heavy atom. The number of nitrogens with zero attached hydrogens (tertiary/aromatic N) is 1. The quantitative estimate of drug-likeness (QED) is 0.928. The van der Waals surface area contributed by atoms with Crippen molar-refractivity contribution in [3.63, 3.8) is 0 Å². The highest BCUT2D eigenvalue weighted by atomic mass is 79.9. The molecule has 1 aromatic heterocycles. The van der Waals surface area contributed by atoms with Crippen LogP contribution in [-0.2, 0) is 4.74 Å². The number of ether oxygens (including phenoxy) is 1. The van der Waals surface area contributed by atoms with Gasteiger partial charge in [-0.25, -0.2) is 4.98 Å². The minimum atomic E-state index is 0.265. The normalized spacial score (nSPS) is 24.7. The number of rotatable bonds is 3. The summed E-state index contributed by atoms with van der Waals surface area (Å²) in [4.78, 5) is 4.26. The average molecular weight is 306 g/mol. The molecule has 0 amide bonds. The zero-order chi connectivity index (χ0) is 11.5. The molecule has 0 saturated heterocycles. The Morgan fingerprint density at radius 3 is 3.06 bits per heavy atom. The fourth-order valence-corrected chi connectivity index (χ4v) is 2.75. The molecule has 1 saturated carbocycles. The summed E-state index contributed by atoms with van der Waals surface area (Å²) >= 11 is 9.44. The van der Waals surface area contributed by atoms with Gasteiger partial charge >= 0.3 is 0 Å². The second-order valence-corrected chi connectivity index (χ2v) is 5.26. The Morgan fingerprint density at radius 1 is 1.56 bits per heavy atom. The van der Waals surface area contributed by atoms with E-state index in [9.17, 15) is 0 Å². The standard InChI is InChI=1S/C11H14BrClN2O/c1-16-10-4-2-3-9(10)15-11-8(13)5-7(12)6-14-11/h5-6,9-10H,2-4H2,1H3,(H,14,15). The highest BCUT2D eigenvalue weighted by molar-refractivity contribution is 9.10. The molecule has 5 heteroatoms. The maximum absolute atomic E-state index is 6.10. The molecular formula is C11H14BrClN2O. The summed E-state index contributed by atoms with van der Waals surface area (Å²) in [7, 11) is 1.75. The van der Waals surface area contributed by atoms with Crippen molar-refractivity contribution in [1.29, 1.82) is 0 Å². The predicted molar refractivity (Wildman–Crippen MR) is 69.0 cm³/mol. The summed E-state index contributed by atoms with van der Waals surface area (Å²) in [5.74, 6) is 0.735. The van der Waals surface area contributed by atoms with Crippen LogP contribution in [0.1, 0.15) is 19.3 Å². The van der Waals surface area contributed by atoms with Crippen LogP contribution < -0.4 is 5.32 Å². The summed E-state index contributed by atoms with van der Waals surface area (Å²) in [6.07, 6.45) is 5.39. The molecule has 1 aromatic rings. The SMILES string of the molecule is COC1CCCC1Nc1ncc(Br)cc1Cl. The number of hydrogen-bond acceptors (Lipinski definition) is 3. The number of pyridine rings is 1. The topological polar surface area (TPSA) is 34.1 Å². The van der Waals surface area contributed by atoms with E-state index in [4.69, 9.17) is 16.3 Å². The van der Waals surface area contributed by atoms with Crippen molar-refractivity contribution in [2.75, 3.05) is 12.4 Å². The van der Waals surface area contributed by atoms with Crippen molar-refractivity contribution in [2.45, 2.75) is 31.4 Å². The molecule has 0 aliphatic heterocycles. The number of anilines is 1. The lowest BCUT2D eigenvalue weighted by molar-refractivity contribution is 0.101. The highest BCUT2D eigenvalue weighted by Gasteiger charge is 2.27. The van der Waals surface area contributed by atoms with E-state index in [1.54, 1.807) is 13.3 Å². The summed E-state index contributed by atoms with van der Waals surface area (Å²) in [6, 6.07) is 2.16. The molecule has 16 heavy (non-hydrogen) atoms. The Balaban J connectivity index is 2.08. The third-order valence-electron chi connectivity index (χ3n) is 2.89. The molecule has 1 fully saturated rings. The molecule has 2 unspecified atom stereocenters. The number of halogens is 2. The molecule has 1 aliphatic rings. The molecule has 0 spiro atoms. The summed E-state index contributed by atoms with van der Waals surface area (Å²) in [5.41, 5.74) is 0. The molecule has 0 radical (unpaired) electrons. The molecule has 0 aromatic carbocycles. The van der Waals surface area contributed by atoms with E-state index in [-0.39, 0.29) is 6.10 Å². The maximum Gasteiger partial charge on any atom is 0.145 e. The van der Waals surface area contributed by atoms with Gasteiger partial charge in [0.2, 0.25) is 0 Å². The van der Waals surface area contributed by atoms with Crippen LogP contribution in [0, 0.1) is 0 Å². The lowest BCUT2D eigenvalue weighted by Crippen LogP contribution is -2.30. The van der Waals surface area contributed by atoms with Gasteiger partial charge in [0.1, 0.15) is 5.82 Å². The van der Waals surface area contributed by atoms with Gasteiger partial charge in [0.25, 0.3) is 0 Å². The summed E-state index contributed by atoms with van der Waals surface area (Å²) in [5, 5.41) is 3.98. The van der Waals surface area contributed by atoms with Crippen LogP contribution in [0.2, 0.25) is 5.02 Å². The van der Waals surface area contributed by atoms with Crippen molar-refractivity contribution in [3.8, 4) is 0 Å². The van der Waals surface area contributed by atoms with Gasteiger partial charge in [-0.05, 0) is 41.3 Å². The zero-order valence-corrected chi connectivity index (χ0v) is 11.4. The summed E-state index contributed by atoms with van der Waals surface area (Å²) in [6.45, 7) is 0. The van der Waals surface area contributed by atoms with Gasteiger partial charge in [0.05, 0.1) is 17.2 Å². The van der Waals surface area contributed by atoms with Gasteiger partial charge in [0, 0.05) is 17.8 Å². The van der Waals surface area contributed by atoms with Crippen molar-refractivity contribution in [2.24, 2.45) is 0 Å². The smallest absolute Gasteiger partial charge is 0.145 e. The molecular weight excluding hydrogens is 291 g/mol. The van der Waals surface area contributed by atoms with Crippen LogP contribution in [-0.4, -0.2) is 24.2 Å². The third-order valence-corrected chi connectivity index (χ3v) is 3.61. The van der Waals surface area contributed by atoms with E-state index in [1.165, 1.54) is 6.42 Å². The minimum Gasteiger partial charge on any atom is -0.379 e. The predicted octanol–water partition coefficient (Wildman–Crippen LogP) is 3.48. The van der Waals surface area contributed by atoms with Gasteiger partial charge in [-0.3, -0.25) is 0 Å². The fourth-order valence-electron chi connectivity index (χ4n) is 2.07. The number of hydrogen-bond donors (Lipinski definition) is 1. The van der Waals surface area contributed by atoms with Crippen molar-refractivity contribution in [1.82, 2.24) is 4.98 Å². The molecule has 2 atom stereocenters. The second kappa shape index (κ2) is 5.34. The monoisotopic (exact) mass is 304 g/mol. The van der Waals surface area contributed by atoms with E-state index in [0.717, 1.165) is 23.1 Å². The van der Waals surface area contributed by atoms with Gasteiger partial charge in [-0.15, -0.1) is 0 Å². The lowest BCUT2D eigenvalue weighted by Gasteiger charge is -2.20. The molecule has 88 valence electrons. The molecule has 2 rings (SSSR count). The Labute approximate surface area is 109 Å². The van der Waals surface area contributed by atoms with Gasteiger partial charge in [0.15, 0.2) is 0 Å². The average Bonchev–Trinajstić information content (AvgIpc) is 2.69. The molecule has 0 bridgehead atoms. The maximum atomic E-state index is 6.10. The number of nitrogens with one attached hydrogen (secondary N) is 1. The number of methoxy groups -OCH3 is 1. The van der Waals surface area contributed by atoms with Crippen LogP contribution in [0.5, 0.6) is 0 Å². The molecule has 1 heterocycles. The number of aromatic nitrogens is 1. The van der Waals surface area contributed by atoms with E-state index in [2.05, 4.69) is 26.2 Å². The van der Waals surface area contributed by atoms with Crippen molar-refractivity contribution in [3.05, 3.63) is 21.8 Å². The Bertz CT molecular complexity index is 375. The zero-order valence-electron chi connectivity index (χ0n) is 9.04. The van der Waals surface area contributed by atoms with Crippen molar-refractivity contribution < 1.29 is 4.74 Å². The van der Waals surface area contributed by atoms with Gasteiger partial charge < -0.3 is 10.1 Å². The Hall–Kier alpha value is -0.320. The second-order valence-electron chi connectivity index (χ2n) is 3.94. The third kappa shape index (κ3) is 2.67. The van der Waals surface area contributed by atoms with Gasteiger partial charge in [-0.1, -0.05) is 11.6 Å². The first-order valence-electron chi connectivity index (χ1n) is 5.31. The highest BCUT2D eigenvalue weighted by Crippen LogP contribution is 2.28. The van der Waals surface area contributed by atoms with Crippen LogP contribution in [0.4, 0.5) is 5.82 Å². The molecule has 3 nitrogen and oxygen atoms in total. The molecule has 1 aliphatic carbocycles. The van der Waals surface area contributed by atoms with Crippen LogP contribution in [0.3, 0.4) is 0 Å². The Kier molecular flexibility index (Phi) is 4.05. The largest absolute Gasteiger partial charge is 0.379 e. The van der Waals surface area contributed by atoms with Crippen LogP contribution in [0.15, 0.2) is 16.7 Å². The van der Waals surface area contributed by atoms with Gasteiger partial charge in [-0.2, -0.15) is 0 Å². The van der Waals surface area contributed by atoms with E-state index in [0.29, 0.717) is 11.1 Å². The van der Waals surface area contributed by atoms with Crippen LogP contribution >= 0.6 is 27.5 Å².